The monoisotopic (exact) mass is 603 g/mol. The summed E-state index contributed by atoms with van der Waals surface area (Å²) in [7, 11) is 0. The van der Waals surface area contributed by atoms with Gasteiger partial charge in [0.1, 0.15) is 36.3 Å². The summed E-state index contributed by atoms with van der Waals surface area (Å²) in [4.78, 5) is 4.16. The second-order valence-corrected chi connectivity index (χ2v) is 9.74. The van der Waals surface area contributed by atoms with E-state index in [0.717, 1.165) is 45.9 Å². The second-order valence-electron chi connectivity index (χ2n) is 9.30. The van der Waals surface area contributed by atoms with E-state index in [-0.39, 0.29) is 27.8 Å². The maximum absolute atomic E-state index is 13.9. The number of ether oxygens (including phenoxy) is 1. The van der Waals surface area contributed by atoms with Crippen molar-refractivity contribution >= 4 is 11.6 Å². The maximum Gasteiger partial charge on any atom is 0.418 e. The lowest BCUT2D eigenvalue weighted by atomic mass is 9.92. The van der Waals surface area contributed by atoms with Gasteiger partial charge >= 0.3 is 6.18 Å². The largest absolute Gasteiger partial charge is 0.418 e. The van der Waals surface area contributed by atoms with Crippen LogP contribution in [0.15, 0.2) is 42.7 Å². The molecule has 0 aliphatic carbocycles. The Morgan fingerprint density at radius 1 is 1.02 bits per heavy atom. The minimum absolute atomic E-state index is 0.00820. The molecule has 5 rings (SSSR count). The molecular weight excluding hydrogens is 584 g/mol. The van der Waals surface area contributed by atoms with Crippen LogP contribution in [0.4, 0.5) is 26.3 Å². The molecule has 2 unspecified atom stereocenters. The topological polar surface area (TPSA) is 118 Å². The van der Waals surface area contributed by atoms with Crippen LogP contribution in [0.2, 0.25) is 5.02 Å². The van der Waals surface area contributed by atoms with Gasteiger partial charge in [0.15, 0.2) is 23.3 Å². The van der Waals surface area contributed by atoms with Crippen LogP contribution in [0.3, 0.4) is 0 Å². The first-order valence-corrected chi connectivity index (χ1v) is 12.3. The van der Waals surface area contributed by atoms with Gasteiger partial charge in [0.25, 0.3) is 0 Å². The standard InChI is InChI=1S/C25H20ClF6N5O4/c1-10-34-24(37(35-10)17-6-13(26)2-3-14(17)25(30,31)32)23-22(40)20(21(39)18(9-38)41-23)36-8-12(7-33-36)11-4-15(27)19(29)16(28)5-11/h2-8,18,20-23,38-40H,9H2,1H3/t18?,20?,21-,22-,23+/m0/s1. The highest BCUT2D eigenvalue weighted by molar-refractivity contribution is 6.30. The van der Waals surface area contributed by atoms with Crippen molar-refractivity contribution in [2.45, 2.75) is 43.6 Å². The van der Waals surface area contributed by atoms with Gasteiger partial charge in [-0.2, -0.15) is 23.4 Å². The quantitative estimate of drug-likeness (QED) is 0.234. The predicted molar refractivity (Wildman–Crippen MR) is 129 cm³/mol. The lowest BCUT2D eigenvalue weighted by molar-refractivity contribution is -0.210. The lowest BCUT2D eigenvalue weighted by Gasteiger charge is -2.42. The van der Waals surface area contributed by atoms with Gasteiger partial charge in [0.05, 0.1) is 24.1 Å². The smallest absolute Gasteiger partial charge is 0.394 e. The molecule has 1 aliphatic rings. The molecule has 3 N–H and O–H groups in total. The summed E-state index contributed by atoms with van der Waals surface area (Å²) in [5.74, 6) is -4.86. The zero-order valence-corrected chi connectivity index (χ0v) is 21.5. The normalized spacial score (nSPS) is 23.2. The number of nitrogens with zero attached hydrogens (tertiary/aromatic N) is 5. The average molecular weight is 604 g/mol. The van der Waals surface area contributed by atoms with Crippen molar-refractivity contribution in [3.05, 3.63) is 82.4 Å². The zero-order chi connectivity index (χ0) is 29.8. The molecule has 2 aromatic heterocycles. The number of hydrogen-bond donors (Lipinski definition) is 3. The Balaban J connectivity index is 1.58. The third kappa shape index (κ3) is 5.30. The molecule has 5 atom stereocenters. The third-order valence-electron chi connectivity index (χ3n) is 6.60. The number of aryl methyl sites for hydroxylation is 1. The highest BCUT2D eigenvalue weighted by atomic mass is 35.5. The van der Waals surface area contributed by atoms with E-state index in [1.54, 1.807) is 0 Å². The highest BCUT2D eigenvalue weighted by Gasteiger charge is 2.48. The summed E-state index contributed by atoms with van der Waals surface area (Å²) in [6.45, 7) is 0.616. The number of benzene rings is 2. The summed E-state index contributed by atoms with van der Waals surface area (Å²) in [5, 5.41) is 40.2. The van der Waals surface area contributed by atoms with E-state index in [2.05, 4.69) is 15.2 Å². The van der Waals surface area contributed by atoms with Gasteiger partial charge < -0.3 is 20.1 Å². The minimum atomic E-state index is -4.82. The molecule has 1 saturated heterocycles. The third-order valence-corrected chi connectivity index (χ3v) is 6.84. The van der Waals surface area contributed by atoms with Gasteiger partial charge in [-0.15, -0.1) is 0 Å². The Morgan fingerprint density at radius 2 is 1.71 bits per heavy atom. The Hall–Kier alpha value is -3.50. The summed E-state index contributed by atoms with van der Waals surface area (Å²) >= 11 is 5.98. The van der Waals surface area contributed by atoms with E-state index in [1.807, 2.05) is 0 Å². The molecule has 9 nitrogen and oxygen atoms in total. The van der Waals surface area contributed by atoms with Crippen LogP contribution in [0, 0.1) is 24.4 Å². The molecule has 3 heterocycles. The Bertz CT molecular complexity index is 1570. The van der Waals surface area contributed by atoms with Crippen LogP contribution in [0.1, 0.15) is 29.4 Å². The average Bonchev–Trinajstić information content (AvgIpc) is 3.53. The molecule has 41 heavy (non-hydrogen) atoms. The lowest BCUT2D eigenvalue weighted by Crippen LogP contribution is -2.53. The van der Waals surface area contributed by atoms with Crippen LogP contribution >= 0.6 is 11.6 Å². The van der Waals surface area contributed by atoms with Crippen molar-refractivity contribution in [3.8, 4) is 16.8 Å². The number of aliphatic hydroxyl groups is 3. The minimum Gasteiger partial charge on any atom is -0.394 e. The summed E-state index contributed by atoms with van der Waals surface area (Å²) in [5.41, 5.74) is -1.64. The summed E-state index contributed by atoms with van der Waals surface area (Å²) < 4.78 is 90.1. The molecule has 16 heteroatoms. The SMILES string of the molecule is Cc1nc([C@@H]2OC(CO)[C@H](O)C(n3cc(-c4cc(F)c(F)c(F)c4)cn3)[C@@H]2O)n(-c2cc(Cl)ccc2C(F)(F)F)n1. The predicted octanol–water partition coefficient (Wildman–Crippen LogP) is 3.92. The van der Waals surface area contributed by atoms with Gasteiger partial charge in [-0.3, -0.25) is 4.68 Å². The van der Waals surface area contributed by atoms with E-state index >= 15 is 0 Å². The van der Waals surface area contributed by atoms with Gasteiger partial charge in [-0.25, -0.2) is 22.8 Å². The van der Waals surface area contributed by atoms with Gasteiger partial charge in [-0.1, -0.05) is 11.6 Å². The number of alkyl halides is 3. The Morgan fingerprint density at radius 3 is 2.34 bits per heavy atom. The number of hydrogen-bond acceptors (Lipinski definition) is 7. The molecule has 0 amide bonds. The zero-order valence-electron chi connectivity index (χ0n) is 20.8. The highest BCUT2D eigenvalue weighted by Crippen LogP contribution is 2.41. The number of halogens is 7. The molecule has 0 radical (unpaired) electrons. The Labute approximate surface area is 232 Å². The first-order chi connectivity index (χ1) is 19.3. The van der Waals surface area contributed by atoms with E-state index in [9.17, 15) is 41.7 Å². The molecule has 2 aromatic carbocycles. The fraction of sp³-hybridized carbons (Fsp3) is 0.320. The molecule has 0 spiro atoms. The van der Waals surface area contributed by atoms with Crippen molar-refractivity contribution in [3.63, 3.8) is 0 Å². The first kappa shape index (κ1) is 29.0. The molecule has 218 valence electrons. The molecule has 0 bridgehead atoms. The van der Waals surface area contributed by atoms with Crippen molar-refractivity contribution in [2.24, 2.45) is 0 Å². The van der Waals surface area contributed by atoms with Crippen molar-refractivity contribution in [2.75, 3.05) is 6.61 Å². The summed E-state index contributed by atoms with van der Waals surface area (Å²) in [6, 6.07) is 2.86. The van der Waals surface area contributed by atoms with Crippen LogP contribution in [0.5, 0.6) is 0 Å². The van der Waals surface area contributed by atoms with E-state index < -0.39 is 71.9 Å². The van der Waals surface area contributed by atoms with Crippen LogP contribution in [-0.4, -0.2) is 64.8 Å². The first-order valence-electron chi connectivity index (χ1n) is 11.9. The second kappa shape index (κ2) is 10.7. The molecule has 1 fully saturated rings. The molecule has 0 saturated carbocycles. The van der Waals surface area contributed by atoms with Gasteiger partial charge in [0, 0.05) is 16.8 Å². The van der Waals surface area contributed by atoms with Crippen LogP contribution in [0.25, 0.3) is 16.8 Å². The Kier molecular flexibility index (Phi) is 7.59. The van der Waals surface area contributed by atoms with Crippen molar-refractivity contribution in [1.82, 2.24) is 24.5 Å². The maximum atomic E-state index is 13.9. The molecular formula is C25H20ClF6N5O4. The fourth-order valence-electron chi connectivity index (χ4n) is 4.71. The molecule has 4 aromatic rings. The van der Waals surface area contributed by atoms with E-state index in [0.29, 0.717) is 0 Å². The fourth-order valence-corrected chi connectivity index (χ4v) is 4.88. The molecule has 1 aliphatic heterocycles. The number of rotatable bonds is 5. The van der Waals surface area contributed by atoms with Gasteiger partial charge in [-0.05, 0) is 42.8 Å². The van der Waals surface area contributed by atoms with Crippen molar-refractivity contribution < 1.29 is 46.4 Å². The number of aliphatic hydroxyl groups excluding tert-OH is 3. The van der Waals surface area contributed by atoms with Crippen LogP contribution in [-0.2, 0) is 10.9 Å². The van der Waals surface area contributed by atoms with Crippen LogP contribution < -0.4 is 0 Å². The van der Waals surface area contributed by atoms with E-state index in [1.165, 1.54) is 13.1 Å². The van der Waals surface area contributed by atoms with Crippen molar-refractivity contribution in [1.29, 1.82) is 0 Å². The van der Waals surface area contributed by atoms with E-state index in [4.69, 9.17) is 16.3 Å². The summed E-state index contributed by atoms with van der Waals surface area (Å²) in [6.07, 6.45) is -8.79. The number of aromatic nitrogens is 5. The van der Waals surface area contributed by atoms with Gasteiger partial charge in [0.2, 0.25) is 0 Å².